The molecule has 0 radical (unpaired) electrons. The number of nitro benzene ring substituents is 1. The monoisotopic (exact) mass is 414 g/mol. The molecule has 0 atom stereocenters. The van der Waals surface area contributed by atoms with Crippen molar-refractivity contribution in [2.75, 3.05) is 39.2 Å². The lowest BCUT2D eigenvalue weighted by Crippen LogP contribution is -2.33. The molecular weight excluding hydrogens is 392 g/mol. The number of methoxy groups -OCH3 is 1. The maximum Gasteiger partial charge on any atom is 0.270 e. The Labute approximate surface area is 172 Å². The van der Waals surface area contributed by atoms with Crippen molar-refractivity contribution in [3.63, 3.8) is 0 Å². The predicted octanol–water partition coefficient (Wildman–Crippen LogP) is 3.81. The van der Waals surface area contributed by atoms with Crippen molar-refractivity contribution in [2.24, 2.45) is 0 Å². The van der Waals surface area contributed by atoms with E-state index in [0.29, 0.717) is 17.4 Å². The molecule has 0 N–H and O–H groups in total. The van der Waals surface area contributed by atoms with Gasteiger partial charge in [-0.25, -0.2) is 4.98 Å². The summed E-state index contributed by atoms with van der Waals surface area (Å²) in [7, 11) is 5.53. The molecule has 3 aromatic rings. The van der Waals surface area contributed by atoms with Crippen LogP contribution in [0.5, 0.6) is 5.75 Å². The zero-order valence-electron chi connectivity index (χ0n) is 16.5. The highest BCUT2D eigenvalue weighted by atomic mass is 32.1. The van der Waals surface area contributed by atoms with Crippen LogP contribution in [0.1, 0.15) is 16.8 Å². The van der Waals surface area contributed by atoms with Crippen molar-refractivity contribution < 1.29 is 14.5 Å². The van der Waals surface area contributed by atoms with Crippen LogP contribution in [0.4, 0.5) is 10.8 Å². The average molecular weight is 414 g/mol. The Balaban J connectivity index is 1.96. The van der Waals surface area contributed by atoms with Crippen LogP contribution in [-0.4, -0.2) is 55.0 Å². The molecule has 1 heterocycles. The molecule has 0 unspecified atom stereocenters. The summed E-state index contributed by atoms with van der Waals surface area (Å²) in [5, 5.41) is 11.7. The van der Waals surface area contributed by atoms with E-state index >= 15 is 0 Å². The first kappa shape index (κ1) is 20.7. The Morgan fingerprint density at radius 3 is 2.69 bits per heavy atom. The number of hydrogen-bond acceptors (Lipinski definition) is 7. The van der Waals surface area contributed by atoms with E-state index in [-0.39, 0.29) is 17.2 Å². The Morgan fingerprint density at radius 2 is 2.00 bits per heavy atom. The first-order valence-corrected chi connectivity index (χ1v) is 9.86. The number of nitro groups is 1. The number of ether oxygens (including phenoxy) is 1. The summed E-state index contributed by atoms with van der Waals surface area (Å²) >= 11 is 1.41. The molecule has 152 valence electrons. The molecule has 1 amide bonds. The summed E-state index contributed by atoms with van der Waals surface area (Å²) in [5.41, 5.74) is 0.896. The van der Waals surface area contributed by atoms with E-state index in [1.165, 1.54) is 29.5 Å². The summed E-state index contributed by atoms with van der Waals surface area (Å²) in [6.45, 7) is 1.26. The third-order valence-corrected chi connectivity index (χ3v) is 5.41. The maximum atomic E-state index is 13.2. The lowest BCUT2D eigenvalue weighted by atomic mass is 10.1. The molecule has 0 fully saturated rings. The highest BCUT2D eigenvalue weighted by Crippen LogP contribution is 2.32. The Kier molecular flexibility index (Phi) is 6.40. The molecule has 29 heavy (non-hydrogen) atoms. The number of carbonyl (C=O) groups excluding carboxylic acids is 1. The number of aromatic nitrogens is 1. The van der Waals surface area contributed by atoms with Crippen LogP contribution in [0.25, 0.3) is 10.2 Å². The first-order valence-electron chi connectivity index (χ1n) is 9.04. The number of hydrogen-bond donors (Lipinski definition) is 0. The lowest BCUT2D eigenvalue weighted by Gasteiger charge is -2.21. The van der Waals surface area contributed by atoms with E-state index in [1.54, 1.807) is 18.1 Å². The molecule has 0 saturated carbocycles. The van der Waals surface area contributed by atoms with Crippen molar-refractivity contribution in [3.05, 3.63) is 58.1 Å². The van der Waals surface area contributed by atoms with E-state index in [9.17, 15) is 14.9 Å². The van der Waals surface area contributed by atoms with E-state index < -0.39 is 4.92 Å². The van der Waals surface area contributed by atoms with Crippen LogP contribution in [0.2, 0.25) is 0 Å². The number of thiazole rings is 1. The molecule has 2 aromatic carbocycles. The van der Waals surface area contributed by atoms with E-state index in [4.69, 9.17) is 4.74 Å². The smallest absolute Gasteiger partial charge is 0.270 e. The van der Waals surface area contributed by atoms with Gasteiger partial charge in [0.2, 0.25) is 0 Å². The van der Waals surface area contributed by atoms with Crippen molar-refractivity contribution in [1.29, 1.82) is 0 Å². The third kappa shape index (κ3) is 4.87. The molecular formula is C20H22N4O4S. The van der Waals surface area contributed by atoms with Crippen LogP contribution in [0.3, 0.4) is 0 Å². The molecule has 0 aliphatic rings. The van der Waals surface area contributed by atoms with Crippen LogP contribution in [0, 0.1) is 10.1 Å². The zero-order chi connectivity index (χ0) is 21.0. The molecule has 3 rings (SSSR count). The van der Waals surface area contributed by atoms with Gasteiger partial charge in [-0.3, -0.25) is 19.8 Å². The largest absolute Gasteiger partial charge is 0.497 e. The van der Waals surface area contributed by atoms with Gasteiger partial charge < -0.3 is 9.64 Å². The number of carbonyl (C=O) groups is 1. The Bertz CT molecular complexity index is 1030. The second-order valence-electron chi connectivity index (χ2n) is 6.75. The van der Waals surface area contributed by atoms with Crippen LogP contribution >= 0.6 is 11.3 Å². The number of nitrogens with zero attached hydrogens (tertiary/aromatic N) is 4. The Hall–Kier alpha value is -3.04. The van der Waals surface area contributed by atoms with Gasteiger partial charge >= 0.3 is 0 Å². The van der Waals surface area contributed by atoms with E-state index in [1.807, 2.05) is 37.2 Å². The molecule has 9 heteroatoms. The standard InChI is InChI=1S/C20H22N4O4S/c1-22(2)10-5-11-23(19(25)14-6-4-7-15(12-14)24(26)27)20-21-17-13-16(28-3)8-9-18(17)29-20/h4,6-9,12-13H,5,10-11H2,1-3H3. The molecule has 1 aromatic heterocycles. The molecule has 0 aliphatic heterocycles. The number of anilines is 1. The van der Waals surface area contributed by atoms with Gasteiger partial charge in [0.1, 0.15) is 5.75 Å². The summed E-state index contributed by atoms with van der Waals surface area (Å²) in [6.07, 6.45) is 0.743. The molecule has 0 spiro atoms. The summed E-state index contributed by atoms with van der Waals surface area (Å²) in [4.78, 5) is 32.1. The zero-order valence-corrected chi connectivity index (χ0v) is 17.3. The van der Waals surface area contributed by atoms with Crippen LogP contribution < -0.4 is 9.64 Å². The average Bonchev–Trinajstić information content (AvgIpc) is 3.13. The third-order valence-electron chi connectivity index (χ3n) is 4.35. The number of amides is 1. The second-order valence-corrected chi connectivity index (χ2v) is 7.76. The number of fused-ring (bicyclic) bond motifs is 1. The fourth-order valence-electron chi connectivity index (χ4n) is 2.87. The van der Waals surface area contributed by atoms with E-state index in [0.717, 1.165) is 23.2 Å². The molecule has 0 aliphatic carbocycles. The Morgan fingerprint density at radius 1 is 1.21 bits per heavy atom. The quantitative estimate of drug-likeness (QED) is 0.411. The van der Waals surface area contributed by atoms with Crippen molar-refractivity contribution in [2.45, 2.75) is 6.42 Å². The van der Waals surface area contributed by atoms with Gasteiger partial charge in [-0.1, -0.05) is 17.4 Å². The van der Waals surface area contributed by atoms with Gasteiger partial charge in [0, 0.05) is 30.3 Å². The SMILES string of the molecule is COc1ccc2sc(N(CCCN(C)C)C(=O)c3cccc([N+](=O)[O-])c3)nc2c1. The predicted molar refractivity (Wildman–Crippen MR) is 114 cm³/mol. The molecule has 0 saturated heterocycles. The van der Waals surface area contributed by atoms with Gasteiger partial charge in [-0.15, -0.1) is 0 Å². The fraction of sp³-hybridized carbons (Fsp3) is 0.300. The summed E-state index contributed by atoms with van der Waals surface area (Å²) in [6, 6.07) is 11.4. The minimum atomic E-state index is -0.503. The highest BCUT2D eigenvalue weighted by Gasteiger charge is 2.23. The van der Waals surface area contributed by atoms with Gasteiger partial charge in [-0.2, -0.15) is 0 Å². The van der Waals surface area contributed by atoms with Crippen molar-refractivity contribution >= 4 is 38.3 Å². The number of rotatable bonds is 8. The van der Waals surface area contributed by atoms with Gasteiger partial charge in [-0.05, 0) is 45.3 Å². The van der Waals surface area contributed by atoms with Gasteiger partial charge in [0.15, 0.2) is 5.13 Å². The normalized spacial score (nSPS) is 11.0. The van der Waals surface area contributed by atoms with Crippen molar-refractivity contribution in [3.8, 4) is 5.75 Å². The van der Waals surface area contributed by atoms with Crippen molar-refractivity contribution in [1.82, 2.24) is 9.88 Å². The van der Waals surface area contributed by atoms with Crippen LogP contribution in [0.15, 0.2) is 42.5 Å². The molecule has 8 nitrogen and oxygen atoms in total. The topological polar surface area (TPSA) is 88.8 Å². The molecule has 0 bridgehead atoms. The fourth-order valence-corrected chi connectivity index (χ4v) is 3.85. The summed E-state index contributed by atoms with van der Waals surface area (Å²) in [5.74, 6) is 0.386. The maximum absolute atomic E-state index is 13.2. The van der Waals surface area contributed by atoms with Gasteiger partial charge in [0.05, 0.1) is 22.2 Å². The minimum absolute atomic E-state index is 0.113. The second kappa shape index (κ2) is 8.97. The first-order chi connectivity index (χ1) is 13.9. The van der Waals surface area contributed by atoms with E-state index in [2.05, 4.69) is 4.98 Å². The minimum Gasteiger partial charge on any atom is -0.497 e. The number of benzene rings is 2. The van der Waals surface area contributed by atoms with Gasteiger partial charge in [0.25, 0.3) is 11.6 Å². The number of non-ortho nitro benzene ring substituents is 1. The lowest BCUT2D eigenvalue weighted by molar-refractivity contribution is -0.384. The summed E-state index contributed by atoms with van der Waals surface area (Å²) < 4.78 is 6.19. The highest BCUT2D eigenvalue weighted by molar-refractivity contribution is 7.22. The van der Waals surface area contributed by atoms with Crippen LogP contribution in [-0.2, 0) is 0 Å².